The Kier molecular flexibility index (Phi) is 8.55. The lowest BCUT2D eigenvalue weighted by Gasteiger charge is -2.20. The van der Waals surface area contributed by atoms with E-state index in [2.05, 4.69) is 55.2 Å². The average Bonchev–Trinajstić information content (AvgIpc) is 2.44. The van der Waals surface area contributed by atoms with Crippen molar-refractivity contribution in [1.29, 1.82) is 0 Å². The molecule has 1 aromatic heterocycles. The third kappa shape index (κ3) is 10.4. The van der Waals surface area contributed by atoms with Crippen molar-refractivity contribution in [2.75, 3.05) is 26.7 Å². The zero-order chi connectivity index (χ0) is 15.6. The smallest absolute Gasteiger partial charge is 0.0416 e. The summed E-state index contributed by atoms with van der Waals surface area (Å²) in [6, 6.07) is 6.14. The molecule has 0 atom stereocenters. The van der Waals surface area contributed by atoms with Crippen molar-refractivity contribution in [2.45, 2.75) is 58.4 Å². The zero-order valence-electron chi connectivity index (χ0n) is 14.4. The van der Waals surface area contributed by atoms with E-state index in [9.17, 15) is 0 Å². The summed E-state index contributed by atoms with van der Waals surface area (Å²) in [5.74, 6) is 0. The summed E-state index contributed by atoms with van der Waals surface area (Å²) >= 11 is 0. The van der Waals surface area contributed by atoms with Crippen LogP contribution in [0.2, 0.25) is 0 Å². The lowest BCUT2D eigenvalue weighted by atomic mass is 10.1. The molecule has 1 N–H and O–H groups in total. The zero-order valence-corrected chi connectivity index (χ0v) is 14.4. The van der Waals surface area contributed by atoms with E-state index in [1.54, 1.807) is 0 Å². The molecule has 0 amide bonds. The van der Waals surface area contributed by atoms with Crippen molar-refractivity contribution in [3.05, 3.63) is 30.1 Å². The van der Waals surface area contributed by atoms with Gasteiger partial charge in [-0.05, 0) is 65.9 Å². The van der Waals surface area contributed by atoms with Gasteiger partial charge in [-0.2, -0.15) is 0 Å². The Morgan fingerprint density at radius 2 is 1.81 bits per heavy atom. The quantitative estimate of drug-likeness (QED) is 0.669. The van der Waals surface area contributed by atoms with E-state index in [1.807, 2.05) is 12.3 Å². The van der Waals surface area contributed by atoms with Crippen LogP contribution in [0.5, 0.6) is 0 Å². The first-order chi connectivity index (χ1) is 9.97. The second-order valence-corrected chi connectivity index (χ2v) is 6.97. The molecule has 120 valence electrons. The van der Waals surface area contributed by atoms with Crippen LogP contribution in [-0.4, -0.2) is 42.1 Å². The summed E-state index contributed by atoms with van der Waals surface area (Å²) in [6.45, 7) is 10.1. The van der Waals surface area contributed by atoms with Gasteiger partial charge >= 0.3 is 0 Å². The predicted molar refractivity (Wildman–Crippen MR) is 91.7 cm³/mol. The van der Waals surface area contributed by atoms with E-state index in [0.29, 0.717) is 0 Å². The Hall–Kier alpha value is -0.930. The number of pyridine rings is 1. The molecule has 3 heteroatoms. The van der Waals surface area contributed by atoms with Crippen molar-refractivity contribution in [3.63, 3.8) is 0 Å². The highest BCUT2D eigenvalue weighted by Crippen LogP contribution is 2.04. The molecular weight excluding hydrogens is 258 g/mol. The lowest BCUT2D eigenvalue weighted by molar-refractivity contribution is 0.325. The van der Waals surface area contributed by atoms with E-state index in [1.165, 1.54) is 37.9 Å². The molecule has 0 spiro atoms. The molecule has 1 heterocycles. The Balaban J connectivity index is 1.95. The van der Waals surface area contributed by atoms with Crippen molar-refractivity contribution < 1.29 is 0 Å². The maximum absolute atomic E-state index is 4.37. The fourth-order valence-corrected chi connectivity index (χ4v) is 2.29. The second-order valence-electron chi connectivity index (χ2n) is 6.97. The van der Waals surface area contributed by atoms with Gasteiger partial charge in [0.2, 0.25) is 0 Å². The number of rotatable bonds is 10. The normalized spacial score (nSPS) is 12.0. The van der Waals surface area contributed by atoms with Gasteiger partial charge in [0.25, 0.3) is 0 Å². The average molecular weight is 291 g/mol. The molecule has 3 nitrogen and oxygen atoms in total. The highest BCUT2D eigenvalue weighted by atomic mass is 15.1. The van der Waals surface area contributed by atoms with Crippen LogP contribution >= 0.6 is 0 Å². The number of hydrogen-bond donors (Lipinski definition) is 1. The molecular formula is C18H33N3. The van der Waals surface area contributed by atoms with Crippen molar-refractivity contribution in [2.24, 2.45) is 0 Å². The topological polar surface area (TPSA) is 28.2 Å². The molecule has 0 fully saturated rings. The maximum Gasteiger partial charge on any atom is 0.0416 e. The van der Waals surface area contributed by atoms with Crippen LogP contribution in [-0.2, 0) is 6.42 Å². The van der Waals surface area contributed by atoms with Crippen molar-refractivity contribution in [1.82, 2.24) is 15.2 Å². The molecule has 0 aliphatic carbocycles. The fourth-order valence-electron chi connectivity index (χ4n) is 2.29. The van der Waals surface area contributed by atoms with E-state index >= 15 is 0 Å². The van der Waals surface area contributed by atoms with Crippen LogP contribution in [0.25, 0.3) is 0 Å². The first-order valence-corrected chi connectivity index (χ1v) is 8.31. The van der Waals surface area contributed by atoms with Crippen LogP contribution < -0.4 is 5.32 Å². The molecule has 0 aliphatic heterocycles. The molecule has 0 aromatic carbocycles. The van der Waals surface area contributed by atoms with Crippen LogP contribution in [0.15, 0.2) is 24.4 Å². The first-order valence-electron chi connectivity index (χ1n) is 8.31. The summed E-state index contributed by atoms with van der Waals surface area (Å²) in [7, 11) is 2.21. The van der Waals surface area contributed by atoms with E-state index < -0.39 is 0 Å². The monoisotopic (exact) mass is 291 g/mol. The van der Waals surface area contributed by atoms with E-state index in [-0.39, 0.29) is 5.54 Å². The molecule has 1 aromatic rings. The molecule has 0 saturated carbocycles. The maximum atomic E-state index is 4.37. The number of nitrogens with zero attached hydrogens (tertiary/aromatic N) is 2. The van der Waals surface area contributed by atoms with Gasteiger partial charge in [0.05, 0.1) is 0 Å². The summed E-state index contributed by atoms with van der Waals surface area (Å²) in [6.07, 6.45) is 8.17. The highest BCUT2D eigenvalue weighted by molar-refractivity contribution is 5.03. The van der Waals surface area contributed by atoms with Crippen molar-refractivity contribution in [3.8, 4) is 0 Å². The van der Waals surface area contributed by atoms with Gasteiger partial charge in [0.15, 0.2) is 0 Å². The van der Waals surface area contributed by atoms with E-state index in [0.717, 1.165) is 19.5 Å². The molecule has 21 heavy (non-hydrogen) atoms. The SMILES string of the molecule is CN(CCCCCCNC(C)(C)C)CCc1ccccn1. The van der Waals surface area contributed by atoms with Gasteiger partial charge in [-0.15, -0.1) is 0 Å². The van der Waals surface area contributed by atoms with Gasteiger partial charge in [-0.25, -0.2) is 0 Å². The van der Waals surface area contributed by atoms with Gasteiger partial charge in [-0.3, -0.25) is 4.98 Å². The van der Waals surface area contributed by atoms with Crippen LogP contribution in [0.3, 0.4) is 0 Å². The lowest BCUT2D eigenvalue weighted by Crippen LogP contribution is -2.36. The van der Waals surface area contributed by atoms with Crippen LogP contribution in [0, 0.1) is 0 Å². The minimum Gasteiger partial charge on any atom is -0.312 e. The Bertz CT molecular complexity index is 356. The van der Waals surface area contributed by atoms with Crippen LogP contribution in [0.1, 0.15) is 52.1 Å². The van der Waals surface area contributed by atoms with Gasteiger partial charge in [0.1, 0.15) is 0 Å². The molecule has 0 bridgehead atoms. The van der Waals surface area contributed by atoms with Crippen molar-refractivity contribution >= 4 is 0 Å². The number of hydrogen-bond acceptors (Lipinski definition) is 3. The first kappa shape index (κ1) is 18.1. The molecule has 0 unspecified atom stereocenters. The van der Waals surface area contributed by atoms with Gasteiger partial charge in [-0.1, -0.05) is 18.9 Å². The summed E-state index contributed by atoms with van der Waals surface area (Å²) in [5, 5.41) is 3.54. The molecule has 0 saturated heterocycles. The van der Waals surface area contributed by atoms with Crippen LogP contribution in [0.4, 0.5) is 0 Å². The standard InChI is InChI=1S/C18H33N3/c1-18(2,3)20-14-8-5-6-10-15-21(4)16-12-17-11-7-9-13-19-17/h7,9,11,13,20H,5-6,8,10,12,14-16H2,1-4H3. The third-order valence-corrected chi connectivity index (χ3v) is 3.60. The molecule has 1 rings (SSSR count). The summed E-state index contributed by atoms with van der Waals surface area (Å²) < 4.78 is 0. The van der Waals surface area contributed by atoms with Gasteiger partial charge in [0, 0.05) is 30.4 Å². The predicted octanol–water partition coefficient (Wildman–Crippen LogP) is 3.50. The Morgan fingerprint density at radius 1 is 1.05 bits per heavy atom. The Labute approximate surface area is 131 Å². The minimum atomic E-state index is 0.256. The Morgan fingerprint density at radius 3 is 2.48 bits per heavy atom. The fraction of sp³-hybridized carbons (Fsp3) is 0.722. The number of nitrogens with one attached hydrogen (secondary N) is 1. The number of unbranched alkanes of at least 4 members (excludes halogenated alkanes) is 3. The highest BCUT2D eigenvalue weighted by Gasteiger charge is 2.06. The molecule has 0 radical (unpaired) electrons. The third-order valence-electron chi connectivity index (χ3n) is 3.60. The number of aromatic nitrogens is 1. The molecule has 0 aliphatic rings. The summed E-state index contributed by atoms with van der Waals surface area (Å²) in [4.78, 5) is 6.79. The summed E-state index contributed by atoms with van der Waals surface area (Å²) in [5.41, 5.74) is 1.45. The van der Waals surface area contributed by atoms with Gasteiger partial charge < -0.3 is 10.2 Å². The minimum absolute atomic E-state index is 0.256. The largest absolute Gasteiger partial charge is 0.312 e. The van der Waals surface area contributed by atoms with E-state index in [4.69, 9.17) is 0 Å². The second kappa shape index (κ2) is 9.91. The number of likely N-dealkylation sites (N-methyl/N-ethyl adjacent to an activating group) is 1.